The van der Waals surface area contributed by atoms with Crippen LogP contribution in [0.1, 0.15) is 35.6 Å². The first-order valence-corrected chi connectivity index (χ1v) is 9.52. The van der Waals surface area contributed by atoms with Gasteiger partial charge in [-0.25, -0.2) is 0 Å². The monoisotopic (exact) mass is 408 g/mol. The molecule has 0 bridgehead atoms. The molecule has 4 rings (SSSR count). The van der Waals surface area contributed by atoms with Gasteiger partial charge in [0.05, 0.1) is 12.2 Å². The van der Waals surface area contributed by atoms with Crippen molar-refractivity contribution < 1.29 is 4.74 Å². The third-order valence-corrected chi connectivity index (χ3v) is 5.38. The number of ether oxygens (including phenoxy) is 1. The Morgan fingerprint density at radius 1 is 0.889 bits per heavy atom. The van der Waals surface area contributed by atoms with Crippen LogP contribution in [0.25, 0.3) is 0 Å². The number of rotatable bonds is 6. The maximum absolute atomic E-state index is 6.46. The summed E-state index contributed by atoms with van der Waals surface area (Å²) in [5, 5.41) is 0. The van der Waals surface area contributed by atoms with Crippen molar-refractivity contribution in [1.29, 1.82) is 0 Å². The molecular formula is C22H30Cl2N2O. The average Bonchev–Trinajstić information content (AvgIpc) is 3.49. The molecule has 27 heavy (non-hydrogen) atoms. The predicted molar refractivity (Wildman–Crippen MR) is 116 cm³/mol. The molecule has 148 valence electrons. The molecule has 2 atom stereocenters. The second kappa shape index (κ2) is 10.4. The SMILES string of the molecule is Cl.Cl.NCCc1ccc(CN2C[C@@H](c3ccccc3)O[C@@H](C3CC3)C2)cc1. The predicted octanol–water partition coefficient (Wildman–Crippen LogP) is 4.38. The smallest absolute Gasteiger partial charge is 0.0956 e. The van der Waals surface area contributed by atoms with Crippen LogP contribution < -0.4 is 5.73 Å². The fourth-order valence-electron chi connectivity index (χ4n) is 3.81. The minimum Gasteiger partial charge on any atom is -0.367 e. The van der Waals surface area contributed by atoms with Crippen molar-refractivity contribution in [2.45, 2.75) is 38.0 Å². The number of nitrogens with two attached hydrogens (primary N) is 1. The first-order chi connectivity index (χ1) is 12.3. The van der Waals surface area contributed by atoms with Crippen molar-refractivity contribution >= 4 is 24.8 Å². The van der Waals surface area contributed by atoms with Gasteiger partial charge in [-0.3, -0.25) is 4.90 Å². The van der Waals surface area contributed by atoms with E-state index >= 15 is 0 Å². The Morgan fingerprint density at radius 3 is 2.19 bits per heavy atom. The number of morpholine rings is 1. The molecule has 1 aliphatic heterocycles. The summed E-state index contributed by atoms with van der Waals surface area (Å²) in [5.74, 6) is 0.765. The third kappa shape index (κ3) is 5.94. The molecule has 2 aromatic carbocycles. The Morgan fingerprint density at radius 2 is 1.56 bits per heavy atom. The maximum Gasteiger partial charge on any atom is 0.0956 e. The molecule has 0 aromatic heterocycles. The first-order valence-electron chi connectivity index (χ1n) is 9.52. The summed E-state index contributed by atoms with van der Waals surface area (Å²) in [6.07, 6.45) is 4.19. The van der Waals surface area contributed by atoms with Crippen molar-refractivity contribution in [2.75, 3.05) is 19.6 Å². The quantitative estimate of drug-likeness (QED) is 0.770. The van der Waals surface area contributed by atoms with E-state index < -0.39 is 0 Å². The number of benzene rings is 2. The lowest BCUT2D eigenvalue weighted by Gasteiger charge is -2.38. The fourth-order valence-corrected chi connectivity index (χ4v) is 3.81. The van der Waals surface area contributed by atoms with Crippen LogP contribution in [0.15, 0.2) is 54.6 Å². The Bertz CT molecular complexity index is 676. The lowest BCUT2D eigenvalue weighted by molar-refractivity contribution is -0.0986. The molecule has 2 N–H and O–H groups in total. The van der Waals surface area contributed by atoms with Crippen LogP contribution in [0.3, 0.4) is 0 Å². The summed E-state index contributed by atoms with van der Waals surface area (Å²) >= 11 is 0. The van der Waals surface area contributed by atoms with E-state index in [0.29, 0.717) is 12.6 Å². The van der Waals surface area contributed by atoms with Gasteiger partial charge in [0.2, 0.25) is 0 Å². The van der Waals surface area contributed by atoms with Gasteiger partial charge in [-0.2, -0.15) is 0 Å². The molecular weight excluding hydrogens is 379 g/mol. The van der Waals surface area contributed by atoms with Gasteiger partial charge in [0.1, 0.15) is 0 Å². The van der Waals surface area contributed by atoms with Crippen molar-refractivity contribution in [2.24, 2.45) is 11.7 Å². The van der Waals surface area contributed by atoms with E-state index in [1.54, 1.807) is 0 Å². The standard InChI is InChI=1S/C22H28N2O.2ClH/c23-13-12-17-6-8-18(9-7-17)14-24-15-21(19-4-2-1-3-5-19)25-22(16-24)20-10-11-20;;/h1-9,20-22H,10-16,23H2;2*1H/t21-,22+;;/m0../s1. The van der Waals surface area contributed by atoms with Crippen LogP contribution in [0.4, 0.5) is 0 Å². The van der Waals surface area contributed by atoms with Crippen LogP contribution in [0.5, 0.6) is 0 Å². The van der Waals surface area contributed by atoms with Gasteiger partial charge in [0, 0.05) is 19.6 Å². The highest BCUT2D eigenvalue weighted by Gasteiger charge is 2.38. The van der Waals surface area contributed by atoms with E-state index in [1.165, 1.54) is 29.5 Å². The van der Waals surface area contributed by atoms with E-state index in [1.807, 2.05) is 0 Å². The molecule has 1 heterocycles. The molecule has 1 saturated carbocycles. The second-order valence-corrected chi connectivity index (χ2v) is 7.46. The Balaban J connectivity index is 0.00000131. The molecule has 2 aliphatic rings. The lowest BCUT2D eigenvalue weighted by atomic mass is 10.0. The summed E-state index contributed by atoms with van der Waals surface area (Å²) in [5.41, 5.74) is 9.65. The zero-order valence-electron chi connectivity index (χ0n) is 15.6. The normalized spacial score (nSPS) is 22.6. The van der Waals surface area contributed by atoms with E-state index in [2.05, 4.69) is 59.5 Å². The fraction of sp³-hybridized carbons (Fsp3) is 0.455. The average molecular weight is 409 g/mol. The number of nitrogens with zero attached hydrogens (tertiary/aromatic N) is 1. The number of hydrogen-bond acceptors (Lipinski definition) is 3. The molecule has 1 saturated heterocycles. The lowest BCUT2D eigenvalue weighted by Crippen LogP contribution is -2.44. The van der Waals surface area contributed by atoms with Gasteiger partial charge in [0.25, 0.3) is 0 Å². The van der Waals surface area contributed by atoms with E-state index in [0.717, 1.165) is 32.0 Å². The zero-order chi connectivity index (χ0) is 17.1. The molecule has 0 unspecified atom stereocenters. The minimum atomic E-state index is 0. The number of halogens is 2. The van der Waals surface area contributed by atoms with Gasteiger partial charge in [-0.05, 0) is 48.4 Å². The van der Waals surface area contributed by atoms with Crippen LogP contribution in [-0.4, -0.2) is 30.6 Å². The summed E-state index contributed by atoms with van der Waals surface area (Å²) < 4.78 is 6.46. The molecule has 3 nitrogen and oxygen atoms in total. The van der Waals surface area contributed by atoms with Crippen LogP contribution in [-0.2, 0) is 17.7 Å². The summed E-state index contributed by atoms with van der Waals surface area (Å²) in [7, 11) is 0. The zero-order valence-corrected chi connectivity index (χ0v) is 17.3. The van der Waals surface area contributed by atoms with Crippen molar-refractivity contribution in [3.63, 3.8) is 0 Å². The van der Waals surface area contributed by atoms with Gasteiger partial charge < -0.3 is 10.5 Å². The molecule has 1 aliphatic carbocycles. The molecule has 5 heteroatoms. The van der Waals surface area contributed by atoms with Gasteiger partial charge in [-0.15, -0.1) is 24.8 Å². The van der Waals surface area contributed by atoms with Crippen LogP contribution in [0, 0.1) is 5.92 Å². The van der Waals surface area contributed by atoms with E-state index in [-0.39, 0.29) is 30.9 Å². The molecule has 2 aromatic rings. The van der Waals surface area contributed by atoms with Gasteiger partial charge >= 0.3 is 0 Å². The molecule has 0 radical (unpaired) electrons. The Kier molecular flexibility index (Phi) is 8.59. The van der Waals surface area contributed by atoms with Crippen LogP contribution >= 0.6 is 24.8 Å². The number of hydrogen-bond donors (Lipinski definition) is 1. The highest BCUT2D eigenvalue weighted by Crippen LogP contribution is 2.39. The van der Waals surface area contributed by atoms with Crippen molar-refractivity contribution in [3.8, 4) is 0 Å². The minimum absolute atomic E-state index is 0. The van der Waals surface area contributed by atoms with E-state index in [4.69, 9.17) is 10.5 Å². The summed E-state index contributed by atoms with van der Waals surface area (Å²) in [4.78, 5) is 2.57. The largest absolute Gasteiger partial charge is 0.367 e. The highest BCUT2D eigenvalue weighted by atomic mass is 35.5. The van der Waals surface area contributed by atoms with Crippen molar-refractivity contribution in [1.82, 2.24) is 4.90 Å². The molecule has 2 fully saturated rings. The molecule has 0 amide bonds. The topological polar surface area (TPSA) is 38.5 Å². The third-order valence-electron chi connectivity index (χ3n) is 5.38. The second-order valence-electron chi connectivity index (χ2n) is 7.46. The van der Waals surface area contributed by atoms with Gasteiger partial charge in [-0.1, -0.05) is 54.6 Å². The Hall–Kier alpha value is -1.10. The maximum atomic E-state index is 6.46. The molecule has 0 spiro atoms. The highest BCUT2D eigenvalue weighted by molar-refractivity contribution is 5.85. The first kappa shape index (κ1) is 22.2. The Labute approximate surface area is 175 Å². The van der Waals surface area contributed by atoms with Crippen molar-refractivity contribution in [3.05, 3.63) is 71.3 Å². The summed E-state index contributed by atoms with van der Waals surface area (Å²) in [6.45, 7) is 3.74. The van der Waals surface area contributed by atoms with Gasteiger partial charge in [0.15, 0.2) is 0 Å². The summed E-state index contributed by atoms with van der Waals surface area (Å²) in [6, 6.07) is 19.6. The van der Waals surface area contributed by atoms with E-state index in [9.17, 15) is 0 Å². The van der Waals surface area contributed by atoms with Crippen LogP contribution in [0.2, 0.25) is 0 Å².